The summed E-state index contributed by atoms with van der Waals surface area (Å²) in [6, 6.07) is 3.38. The van der Waals surface area contributed by atoms with Crippen molar-refractivity contribution in [3.63, 3.8) is 0 Å². The van der Waals surface area contributed by atoms with Gasteiger partial charge in [-0.1, -0.05) is 13.8 Å². The van der Waals surface area contributed by atoms with Crippen LogP contribution in [0.5, 0.6) is 17.2 Å². The highest BCUT2D eigenvalue weighted by molar-refractivity contribution is 5.95. The second-order valence-corrected chi connectivity index (χ2v) is 5.84. The molecule has 6 nitrogen and oxygen atoms in total. The molecule has 0 heterocycles. The Bertz CT molecular complexity index is 506. The number of ether oxygens (including phenoxy) is 3. The van der Waals surface area contributed by atoms with Gasteiger partial charge in [-0.05, 0) is 24.5 Å². The van der Waals surface area contributed by atoms with Crippen LogP contribution in [0.4, 0.5) is 0 Å². The van der Waals surface area contributed by atoms with Crippen LogP contribution >= 0.6 is 0 Å². The molecule has 6 heteroatoms. The molecule has 2 N–H and O–H groups in total. The first-order chi connectivity index (χ1) is 10.8. The van der Waals surface area contributed by atoms with E-state index in [1.54, 1.807) is 24.1 Å². The average Bonchev–Trinajstić information content (AvgIpc) is 2.56. The van der Waals surface area contributed by atoms with E-state index < -0.39 is 0 Å². The summed E-state index contributed by atoms with van der Waals surface area (Å²) in [5.74, 6) is 1.67. The Hall–Kier alpha value is -1.95. The molecule has 0 spiro atoms. The van der Waals surface area contributed by atoms with Gasteiger partial charge in [-0.15, -0.1) is 0 Å². The zero-order valence-corrected chi connectivity index (χ0v) is 14.9. The van der Waals surface area contributed by atoms with Crippen LogP contribution in [0.3, 0.4) is 0 Å². The fourth-order valence-corrected chi connectivity index (χ4v) is 2.20. The lowest BCUT2D eigenvalue weighted by molar-refractivity contribution is 0.0788. The van der Waals surface area contributed by atoms with E-state index in [9.17, 15) is 4.79 Å². The van der Waals surface area contributed by atoms with Crippen molar-refractivity contribution in [1.29, 1.82) is 0 Å². The van der Waals surface area contributed by atoms with Crippen molar-refractivity contribution in [3.05, 3.63) is 17.7 Å². The number of methoxy groups -OCH3 is 3. The zero-order valence-electron chi connectivity index (χ0n) is 14.9. The smallest absolute Gasteiger partial charge is 0.253 e. The van der Waals surface area contributed by atoms with Crippen LogP contribution in [-0.4, -0.2) is 51.8 Å². The van der Waals surface area contributed by atoms with Gasteiger partial charge in [-0.2, -0.15) is 0 Å². The highest BCUT2D eigenvalue weighted by Crippen LogP contribution is 2.38. The van der Waals surface area contributed by atoms with E-state index in [2.05, 4.69) is 13.8 Å². The maximum absolute atomic E-state index is 12.6. The minimum absolute atomic E-state index is 0.0742. The van der Waals surface area contributed by atoms with Crippen molar-refractivity contribution in [3.8, 4) is 17.2 Å². The van der Waals surface area contributed by atoms with Crippen LogP contribution in [0.2, 0.25) is 0 Å². The summed E-state index contributed by atoms with van der Waals surface area (Å²) in [6.07, 6.45) is 0.754. The van der Waals surface area contributed by atoms with Gasteiger partial charge in [0.1, 0.15) is 0 Å². The molecule has 1 aromatic rings. The Morgan fingerprint density at radius 1 is 1.13 bits per heavy atom. The normalized spacial score (nSPS) is 12.0. The highest BCUT2D eigenvalue weighted by atomic mass is 16.5. The Morgan fingerprint density at radius 2 is 1.65 bits per heavy atom. The van der Waals surface area contributed by atoms with E-state index in [1.165, 1.54) is 21.3 Å². The highest BCUT2D eigenvalue weighted by Gasteiger charge is 2.20. The molecule has 0 saturated carbocycles. The van der Waals surface area contributed by atoms with Crippen LogP contribution in [0.15, 0.2) is 12.1 Å². The first kappa shape index (κ1) is 19.1. The third kappa shape index (κ3) is 4.76. The molecular formula is C17H28N2O4. The summed E-state index contributed by atoms with van der Waals surface area (Å²) in [5, 5.41) is 0. The minimum Gasteiger partial charge on any atom is -0.493 e. The summed E-state index contributed by atoms with van der Waals surface area (Å²) in [6.45, 7) is 4.74. The number of nitrogens with zero attached hydrogens (tertiary/aromatic N) is 1. The molecule has 0 aromatic heterocycles. The number of nitrogens with two attached hydrogens (primary N) is 1. The predicted molar refractivity (Wildman–Crippen MR) is 90.5 cm³/mol. The molecule has 1 rings (SSSR count). The fourth-order valence-electron chi connectivity index (χ4n) is 2.20. The summed E-state index contributed by atoms with van der Waals surface area (Å²) in [4.78, 5) is 14.3. The van der Waals surface area contributed by atoms with Crippen LogP contribution in [0.25, 0.3) is 0 Å². The van der Waals surface area contributed by atoms with E-state index in [1.807, 2.05) is 0 Å². The Kier molecular flexibility index (Phi) is 7.16. The lowest BCUT2D eigenvalue weighted by atomic mass is 10.0. The number of amides is 1. The first-order valence-corrected chi connectivity index (χ1v) is 7.66. The number of rotatable bonds is 8. The maximum atomic E-state index is 12.6. The van der Waals surface area contributed by atoms with Crippen LogP contribution in [0, 0.1) is 5.92 Å². The topological polar surface area (TPSA) is 74.0 Å². The van der Waals surface area contributed by atoms with Crippen LogP contribution in [0.1, 0.15) is 30.6 Å². The summed E-state index contributed by atoms with van der Waals surface area (Å²) in [5.41, 5.74) is 6.52. The number of benzene rings is 1. The van der Waals surface area contributed by atoms with E-state index in [0.717, 1.165) is 6.42 Å². The van der Waals surface area contributed by atoms with Crippen molar-refractivity contribution in [2.45, 2.75) is 26.3 Å². The molecule has 1 amide bonds. The molecular weight excluding hydrogens is 296 g/mol. The molecule has 130 valence electrons. The predicted octanol–water partition coefficient (Wildman–Crippen LogP) is 2.16. The Morgan fingerprint density at radius 3 is 2.04 bits per heavy atom. The largest absolute Gasteiger partial charge is 0.493 e. The number of hydrogen-bond acceptors (Lipinski definition) is 5. The van der Waals surface area contributed by atoms with Gasteiger partial charge in [0, 0.05) is 25.2 Å². The van der Waals surface area contributed by atoms with E-state index in [0.29, 0.717) is 35.3 Å². The molecule has 0 bridgehead atoms. The summed E-state index contributed by atoms with van der Waals surface area (Å²) in [7, 11) is 6.34. The van der Waals surface area contributed by atoms with Gasteiger partial charge in [-0.25, -0.2) is 0 Å². The lowest BCUT2D eigenvalue weighted by Gasteiger charge is -2.22. The van der Waals surface area contributed by atoms with Crippen molar-refractivity contribution in [2.24, 2.45) is 11.7 Å². The molecule has 0 fully saturated rings. The maximum Gasteiger partial charge on any atom is 0.253 e. The van der Waals surface area contributed by atoms with Gasteiger partial charge in [0.25, 0.3) is 5.91 Å². The molecule has 23 heavy (non-hydrogen) atoms. The van der Waals surface area contributed by atoms with Crippen molar-refractivity contribution < 1.29 is 19.0 Å². The van der Waals surface area contributed by atoms with Gasteiger partial charge in [0.15, 0.2) is 11.5 Å². The first-order valence-electron chi connectivity index (χ1n) is 7.66. The van der Waals surface area contributed by atoms with Gasteiger partial charge in [-0.3, -0.25) is 4.79 Å². The quantitative estimate of drug-likeness (QED) is 0.793. The van der Waals surface area contributed by atoms with Crippen molar-refractivity contribution >= 4 is 5.91 Å². The summed E-state index contributed by atoms with van der Waals surface area (Å²) >= 11 is 0. The third-order valence-electron chi connectivity index (χ3n) is 3.91. The van der Waals surface area contributed by atoms with E-state index >= 15 is 0 Å². The summed E-state index contributed by atoms with van der Waals surface area (Å²) < 4.78 is 15.8. The zero-order chi connectivity index (χ0) is 17.6. The van der Waals surface area contributed by atoms with Gasteiger partial charge in [0.2, 0.25) is 5.75 Å². The standard InChI is InChI=1S/C17H28N2O4/c1-11(2)13(18)7-8-19(3)17(20)12-9-14(21-4)16(23-6)15(10-12)22-5/h9-11,13H,7-8,18H2,1-6H3. The van der Waals surface area contributed by atoms with E-state index in [-0.39, 0.29) is 11.9 Å². The number of hydrogen-bond donors (Lipinski definition) is 1. The SMILES string of the molecule is COc1cc(C(=O)N(C)CCC(N)C(C)C)cc(OC)c1OC. The van der Waals surface area contributed by atoms with Gasteiger partial charge in [0.05, 0.1) is 21.3 Å². The Labute approximate surface area is 138 Å². The molecule has 1 unspecified atom stereocenters. The second-order valence-electron chi connectivity index (χ2n) is 5.84. The molecule has 0 aliphatic rings. The van der Waals surface area contributed by atoms with Crippen molar-refractivity contribution in [2.75, 3.05) is 34.9 Å². The molecule has 0 aliphatic carbocycles. The van der Waals surface area contributed by atoms with Crippen LogP contribution in [-0.2, 0) is 0 Å². The average molecular weight is 324 g/mol. The van der Waals surface area contributed by atoms with Gasteiger partial charge < -0.3 is 24.8 Å². The monoisotopic (exact) mass is 324 g/mol. The van der Waals surface area contributed by atoms with Gasteiger partial charge >= 0.3 is 0 Å². The third-order valence-corrected chi connectivity index (χ3v) is 3.91. The molecule has 0 saturated heterocycles. The molecule has 0 aliphatic heterocycles. The van der Waals surface area contributed by atoms with Crippen LogP contribution < -0.4 is 19.9 Å². The molecule has 1 atom stereocenters. The number of carbonyl (C=O) groups is 1. The lowest BCUT2D eigenvalue weighted by Crippen LogP contribution is -2.34. The van der Waals surface area contributed by atoms with Crippen molar-refractivity contribution in [1.82, 2.24) is 4.90 Å². The molecule has 1 aromatic carbocycles. The van der Waals surface area contributed by atoms with E-state index in [4.69, 9.17) is 19.9 Å². The fraction of sp³-hybridized carbons (Fsp3) is 0.588. The Balaban J connectivity index is 2.94. The minimum atomic E-state index is -0.111. The molecule has 0 radical (unpaired) electrons. The second kappa shape index (κ2) is 8.62. The number of carbonyl (C=O) groups excluding carboxylic acids is 1.